The SMILES string of the molecule is COc1ccc(Cl)cc1CC(=O)OCc1nc(-c2ccccc2)no1. The molecule has 25 heavy (non-hydrogen) atoms. The van der Waals surface area contributed by atoms with Crippen LogP contribution in [0.15, 0.2) is 53.1 Å². The molecule has 0 radical (unpaired) electrons. The lowest BCUT2D eigenvalue weighted by atomic mass is 10.1. The molecule has 0 atom stereocenters. The molecule has 0 unspecified atom stereocenters. The average molecular weight is 359 g/mol. The van der Waals surface area contributed by atoms with Gasteiger partial charge in [-0.2, -0.15) is 4.98 Å². The largest absolute Gasteiger partial charge is 0.496 e. The van der Waals surface area contributed by atoms with E-state index in [1.807, 2.05) is 30.3 Å². The summed E-state index contributed by atoms with van der Waals surface area (Å²) in [5.74, 6) is 0.805. The Morgan fingerprint density at radius 3 is 2.76 bits per heavy atom. The molecule has 0 aliphatic carbocycles. The van der Waals surface area contributed by atoms with E-state index in [4.69, 9.17) is 25.6 Å². The third kappa shape index (κ3) is 4.36. The second-order valence-corrected chi connectivity index (χ2v) is 5.61. The molecule has 128 valence electrons. The van der Waals surface area contributed by atoms with Gasteiger partial charge in [0.1, 0.15) is 5.75 Å². The molecule has 0 bridgehead atoms. The first kappa shape index (κ1) is 17.0. The highest BCUT2D eigenvalue weighted by Crippen LogP contribution is 2.23. The lowest BCUT2D eigenvalue weighted by Gasteiger charge is -2.08. The molecule has 1 heterocycles. The van der Waals surface area contributed by atoms with Crippen LogP contribution >= 0.6 is 11.6 Å². The predicted molar refractivity (Wildman–Crippen MR) is 91.2 cm³/mol. The molecule has 0 saturated heterocycles. The molecule has 1 aromatic heterocycles. The smallest absolute Gasteiger partial charge is 0.310 e. The number of aromatic nitrogens is 2. The summed E-state index contributed by atoms with van der Waals surface area (Å²) in [5.41, 5.74) is 1.47. The number of ether oxygens (including phenoxy) is 2. The number of benzene rings is 2. The first-order valence-corrected chi connectivity index (χ1v) is 7.89. The molecule has 3 aromatic rings. The van der Waals surface area contributed by atoms with Gasteiger partial charge in [0.2, 0.25) is 5.82 Å². The van der Waals surface area contributed by atoms with Gasteiger partial charge in [0.25, 0.3) is 5.89 Å². The van der Waals surface area contributed by atoms with Gasteiger partial charge < -0.3 is 14.0 Å². The Kier molecular flexibility index (Phi) is 5.30. The average Bonchev–Trinajstić information content (AvgIpc) is 3.10. The topological polar surface area (TPSA) is 74.5 Å². The van der Waals surface area contributed by atoms with Crippen molar-refractivity contribution in [2.24, 2.45) is 0 Å². The standard InChI is InChI=1S/C18H15ClN2O4/c1-23-15-8-7-14(19)9-13(15)10-17(22)24-11-16-20-18(21-25-16)12-5-3-2-4-6-12/h2-9H,10-11H2,1H3. The monoisotopic (exact) mass is 358 g/mol. The minimum absolute atomic E-state index is 0.0312. The number of hydrogen-bond donors (Lipinski definition) is 0. The van der Waals surface area contributed by atoms with Crippen LogP contribution < -0.4 is 4.74 Å². The first-order chi connectivity index (χ1) is 12.2. The van der Waals surface area contributed by atoms with E-state index in [0.717, 1.165) is 5.56 Å². The van der Waals surface area contributed by atoms with Gasteiger partial charge in [0.15, 0.2) is 6.61 Å². The van der Waals surface area contributed by atoms with Crippen molar-refractivity contribution in [2.75, 3.05) is 7.11 Å². The molecule has 0 fully saturated rings. The minimum atomic E-state index is -0.444. The maximum Gasteiger partial charge on any atom is 0.310 e. The fourth-order valence-electron chi connectivity index (χ4n) is 2.25. The van der Waals surface area contributed by atoms with Crippen molar-refractivity contribution < 1.29 is 18.8 Å². The van der Waals surface area contributed by atoms with Crippen LogP contribution in [0, 0.1) is 0 Å². The van der Waals surface area contributed by atoms with Crippen molar-refractivity contribution in [3.8, 4) is 17.1 Å². The molecule has 3 rings (SSSR count). The van der Waals surface area contributed by atoms with E-state index < -0.39 is 5.97 Å². The molecule has 0 aliphatic rings. The summed E-state index contributed by atoms with van der Waals surface area (Å²) in [6.07, 6.45) is 0.0312. The number of rotatable bonds is 6. The Morgan fingerprint density at radius 2 is 2.00 bits per heavy atom. The van der Waals surface area contributed by atoms with E-state index in [0.29, 0.717) is 22.2 Å². The number of nitrogens with zero attached hydrogens (tertiary/aromatic N) is 2. The Hall–Kier alpha value is -2.86. The molecule has 0 N–H and O–H groups in total. The summed E-state index contributed by atoms with van der Waals surface area (Å²) in [7, 11) is 1.53. The molecular formula is C18H15ClN2O4. The lowest BCUT2D eigenvalue weighted by molar-refractivity contribution is -0.144. The third-order valence-electron chi connectivity index (χ3n) is 3.43. The third-order valence-corrected chi connectivity index (χ3v) is 3.67. The lowest BCUT2D eigenvalue weighted by Crippen LogP contribution is -2.09. The quantitative estimate of drug-likeness (QED) is 0.626. The van der Waals surface area contributed by atoms with Gasteiger partial charge in [-0.15, -0.1) is 0 Å². The highest BCUT2D eigenvalue weighted by atomic mass is 35.5. The van der Waals surface area contributed by atoms with Gasteiger partial charge in [-0.3, -0.25) is 4.79 Å². The van der Waals surface area contributed by atoms with Crippen molar-refractivity contribution in [1.82, 2.24) is 10.1 Å². The maximum absolute atomic E-state index is 12.0. The summed E-state index contributed by atoms with van der Waals surface area (Å²) in [4.78, 5) is 16.2. The molecular weight excluding hydrogens is 344 g/mol. The van der Waals surface area contributed by atoms with Crippen LogP contribution in [0.5, 0.6) is 5.75 Å². The van der Waals surface area contributed by atoms with Gasteiger partial charge in [0, 0.05) is 16.1 Å². The van der Waals surface area contributed by atoms with Crippen LogP contribution in [0.2, 0.25) is 5.02 Å². The number of esters is 1. The minimum Gasteiger partial charge on any atom is -0.496 e. The molecule has 7 heteroatoms. The second-order valence-electron chi connectivity index (χ2n) is 5.17. The highest BCUT2D eigenvalue weighted by Gasteiger charge is 2.14. The van der Waals surface area contributed by atoms with Crippen molar-refractivity contribution in [3.05, 3.63) is 65.0 Å². The van der Waals surface area contributed by atoms with Crippen LogP contribution in [0.1, 0.15) is 11.5 Å². The van der Waals surface area contributed by atoms with Crippen LogP contribution in [0.3, 0.4) is 0 Å². The Labute approximate surface area is 149 Å². The summed E-state index contributed by atoms with van der Waals surface area (Å²) in [6.45, 7) is -0.0957. The zero-order valence-electron chi connectivity index (χ0n) is 13.4. The molecule has 2 aromatic carbocycles. The number of hydrogen-bond acceptors (Lipinski definition) is 6. The van der Waals surface area contributed by atoms with Crippen molar-refractivity contribution in [2.45, 2.75) is 13.0 Å². The van der Waals surface area contributed by atoms with Gasteiger partial charge in [0.05, 0.1) is 13.5 Å². The van der Waals surface area contributed by atoms with E-state index in [9.17, 15) is 4.79 Å². The number of carbonyl (C=O) groups is 1. The predicted octanol–water partition coefficient (Wildman–Crippen LogP) is 3.68. The zero-order valence-corrected chi connectivity index (χ0v) is 14.2. The first-order valence-electron chi connectivity index (χ1n) is 7.52. The van der Waals surface area contributed by atoms with E-state index >= 15 is 0 Å². The van der Waals surface area contributed by atoms with Crippen LogP contribution in [0.25, 0.3) is 11.4 Å². The summed E-state index contributed by atoms with van der Waals surface area (Å²) >= 11 is 5.95. The molecule has 0 amide bonds. The summed E-state index contributed by atoms with van der Waals surface area (Å²) in [6, 6.07) is 14.5. The Morgan fingerprint density at radius 1 is 1.20 bits per heavy atom. The highest BCUT2D eigenvalue weighted by molar-refractivity contribution is 6.30. The number of carbonyl (C=O) groups excluding carboxylic acids is 1. The normalized spacial score (nSPS) is 10.5. The fourth-order valence-corrected chi connectivity index (χ4v) is 2.45. The van der Waals surface area contributed by atoms with Crippen LogP contribution in [0.4, 0.5) is 0 Å². The van der Waals surface area contributed by atoms with Crippen LogP contribution in [-0.2, 0) is 22.6 Å². The van der Waals surface area contributed by atoms with E-state index in [1.54, 1.807) is 18.2 Å². The summed E-state index contributed by atoms with van der Waals surface area (Å²) < 4.78 is 15.5. The van der Waals surface area contributed by atoms with Crippen molar-refractivity contribution in [1.29, 1.82) is 0 Å². The second kappa shape index (κ2) is 7.81. The van der Waals surface area contributed by atoms with E-state index in [-0.39, 0.29) is 18.9 Å². The zero-order chi connectivity index (χ0) is 17.6. The van der Waals surface area contributed by atoms with Gasteiger partial charge in [-0.1, -0.05) is 47.1 Å². The number of methoxy groups -OCH3 is 1. The Bertz CT molecular complexity index is 865. The number of halogens is 1. The maximum atomic E-state index is 12.0. The van der Waals surface area contributed by atoms with Crippen LogP contribution in [-0.4, -0.2) is 23.2 Å². The Balaban J connectivity index is 1.60. The van der Waals surface area contributed by atoms with E-state index in [2.05, 4.69) is 10.1 Å². The van der Waals surface area contributed by atoms with Gasteiger partial charge in [-0.25, -0.2) is 0 Å². The molecule has 0 saturated carbocycles. The van der Waals surface area contributed by atoms with Gasteiger partial charge >= 0.3 is 5.97 Å². The van der Waals surface area contributed by atoms with Gasteiger partial charge in [-0.05, 0) is 18.2 Å². The molecule has 6 nitrogen and oxygen atoms in total. The summed E-state index contributed by atoms with van der Waals surface area (Å²) in [5, 5.41) is 4.39. The van der Waals surface area contributed by atoms with Crippen molar-refractivity contribution >= 4 is 17.6 Å². The van der Waals surface area contributed by atoms with E-state index in [1.165, 1.54) is 7.11 Å². The van der Waals surface area contributed by atoms with Crippen molar-refractivity contribution in [3.63, 3.8) is 0 Å². The molecule has 0 spiro atoms. The molecule has 0 aliphatic heterocycles. The fraction of sp³-hybridized carbons (Fsp3) is 0.167.